The summed E-state index contributed by atoms with van der Waals surface area (Å²) < 4.78 is 5.59. The predicted octanol–water partition coefficient (Wildman–Crippen LogP) is 3.09. The summed E-state index contributed by atoms with van der Waals surface area (Å²) in [5.41, 5.74) is 3.04. The van der Waals surface area contributed by atoms with Crippen molar-refractivity contribution in [1.82, 2.24) is 10.0 Å². The van der Waals surface area contributed by atoms with Gasteiger partial charge in [0.15, 0.2) is 0 Å². The number of nitrogens with zero attached hydrogens (tertiary/aromatic N) is 2. The summed E-state index contributed by atoms with van der Waals surface area (Å²) >= 11 is 1.46. The van der Waals surface area contributed by atoms with Crippen molar-refractivity contribution < 1.29 is 24.0 Å². The van der Waals surface area contributed by atoms with Gasteiger partial charge in [-0.3, -0.25) is 9.59 Å². The lowest BCUT2D eigenvalue weighted by molar-refractivity contribution is -0.0584. The first-order valence-electron chi connectivity index (χ1n) is 7.93. The van der Waals surface area contributed by atoms with E-state index in [0.29, 0.717) is 10.8 Å². The molecule has 1 aliphatic rings. The average molecular weight is 380 g/mol. The molecule has 3 aromatic rings. The van der Waals surface area contributed by atoms with Gasteiger partial charge in [0.25, 0.3) is 11.8 Å². The molecule has 0 bridgehead atoms. The summed E-state index contributed by atoms with van der Waals surface area (Å²) in [7, 11) is 0. The summed E-state index contributed by atoms with van der Waals surface area (Å²) in [6.45, 7) is 0.264. The van der Waals surface area contributed by atoms with Crippen LogP contribution in [0.2, 0.25) is 0 Å². The van der Waals surface area contributed by atoms with Gasteiger partial charge in [0, 0.05) is 5.38 Å². The number of hydrogen-bond donors (Lipinski definition) is 0. The third-order valence-electron chi connectivity index (χ3n) is 3.87. The van der Waals surface area contributed by atoms with Crippen molar-refractivity contribution in [3.8, 4) is 5.75 Å². The first kappa shape index (κ1) is 16.9. The monoisotopic (exact) mass is 380 g/mol. The number of carbonyl (C=O) groups excluding carboxylic acids is 3. The van der Waals surface area contributed by atoms with E-state index in [4.69, 9.17) is 9.57 Å². The van der Waals surface area contributed by atoms with Crippen molar-refractivity contribution in [2.45, 2.75) is 6.61 Å². The Bertz CT molecular complexity index is 997. The largest absolute Gasteiger partial charge is 0.487 e. The van der Waals surface area contributed by atoms with Crippen molar-refractivity contribution in [3.05, 3.63) is 81.8 Å². The molecule has 0 saturated heterocycles. The van der Waals surface area contributed by atoms with Gasteiger partial charge in [-0.2, -0.15) is 0 Å². The summed E-state index contributed by atoms with van der Waals surface area (Å²) in [4.78, 5) is 46.1. The van der Waals surface area contributed by atoms with E-state index in [1.807, 2.05) is 5.38 Å². The molecule has 0 saturated carbocycles. The van der Waals surface area contributed by atoms with E-state index < -0.39 is 17.8 Å². The van der Waals surface area contributed by atoms with Crippen LogP contribution in [-0.2, 0) is 11.4 Å². The van der Waals surface area contributed by atoms with Crippen molar-refractivity contribution in [2.24, 2.45) is 0 Å². The molecule has 0 unspecified atom stereocenters. The number of imide groups is 1. The summed E-state index contributed by atoms with van der Waals surface area (Å²) in [5.74, 6) is -1.72. The van der Waals surface area contributed by atoms with Crippen LogP contribution in [0.25, 0.3) is 0 Å². The Morgan fingerprint density at radius 2 is 1.78 bits per heavy atom. The van der Waals surface area contributed by atoms with Gasteiger partial charge in [-0.25, -0.2) is 9.78 Å². The Morgan fingerprint density at radius 1 is 1.04 bits per heavy atom. The molecule has 0 aliphatic carbocycles. The minimum Gasteiger partial charge on any atom is -0.487 e. The van der Waals surface area contributed by atoms with Gasteiger partial charge >= 0.3 is 5.97 Å². The van der Waals surface area contributed by atoms with E-state index in [1.165, 1.54) is 35.6 Å². The standard InChI is InChI=1S/C19H12N2O5S/c22-17-15-6-1-2-7-16(15)18(23)21(17)26-19(24)12-4-3-5-14(8-12)25-9-13-10-27-11-20-13/h1-8,10-11H,9H2. The van der Waals surface area contributed by atoms with Crippen LogP contribution < -0.4 is 4.74 Å². The molecule has 2 aromatic carbocycles. The number of benzene rings is 2. The minimum atomic E-state index is -0.830. The van der Waals surface area contributed by atoms with Gasteiger partial charge in [0.1, 0.15) is 12.4 Å². The molecule has 0 fully saturated rings. The fourth-order valence-corrected chi connectivity index (χ4v) is 3.11. The number of hydrogen-bond acceptors (Lipinski definition) is 7. The maximum absolute atomic E-state index is 12.4. The van der Waals surface area contributed by atoms with Gasteiger partial charge in [-0.05, 0) is 30.3 Å². The number of amides is 2. The number of hydroxylamine groups is 2. The summed E-state index contributed by atoms with van der Waals surface area (Å²) in [6, 6.07) is 12.6. The van der Waals surface area contributed by atoms with Gasteiger partial charge in [0.05, 0.1) is 27.9 Å². The van der Waals surface area contributed by atoms with Crippen molar-refractivity contribution >= 4 is 29.1 Å². The fourth-order valence-electron chi connectivity index (χ4n) is 2.56. The molecule has 7 nitrogen and oxygen atoms in total. The lowest BCUT2D eigenvalue weighted by Gasteiger charge is -2.13. The molecule has 0 spiro atoms. The Balaban J connectivity index is 1.47. The summed E-state index contributed by atoms with van der Waals surface area (Å²) in [5, 5.41) is 2.34. The van der Waals surface area contributed by atoms with Gasteiger partial charge < -0.3 is 9.57 Å². The van der Waals surface area contributed by atoms with E-state index >= 15 is 0 Å². The van der Waals surface area contributed by atoms with Crippen LogP contribution in [0, 0.1) is 0 Å². The van der Waals surface area contributed by atoms with Crippen LogP contribution in [0.4, 0.5) is 0 Å². The van der Waals surface area contributed by atoms with Crippen LogP contribution in [-0.4, -0.2) is 27.8 Å². The van der Waals surface area contributed by atoms with E-state index in [9.17, 15) is 14.4 Å². The number of carbonyl (C=O) groups is 3. The van der Waals surface area contributed by atoms with Crippen LogP contribution in [0.3, 0.4) is 0 Å². The molecule has 0 N–H and O–H groups in total. The van der Waals surface area contributed by atoms with Crippen LogP contribution in [0.1, 0.15) is 36.8 Å². The Labute approximate surface area is 157 Å². The summed E-state index contributed by atoms with van der Waals surface area (Å²) in [6.07, 6.45) is 0. The Morgan fingerprint density at radius 3 is 2.44 bits per heavy atom. The zero-order chi connectivity index (χ0) is 18.8. The minimum absolute atomic E-state index is 0.155. The molecule has 134 valence electrons. The number of ether oxygens (including phenoxy) is 1. The molecule has 2 amide bonds. The second kappa shape index (κ2) is 7.00. The number of aromatic nitrogens is 1. The molecular formula is C19H12N2O5S. The van der Waals surface area contributed by atoms with E-state index in [2.05, 4.69) is 4.98 Å². The highest BCUT2D eigenvalue weighted by Crippen LogP contribution is 2.24. The zero-order valence-corrected chi connectivity index (χ0v) is 14.6. The van der Waals surface area contributed by atoms with Gasteiger partial charge in [-0.1, -0.05) is 23.3 Å². The van der Waals surface area contributed by atoms with Gasteiger partial charge in [0.2, 0.25) is 0 Å². The molecular weight excluding hydrogens is 368 g/mol. The topological polar surface area (TPSA) is 85.8 Å². The highest BCUT2D eigenvalue weighted by atomic mass is 32.1. The lowest BCUT2D eigenvalue weighted by atomic mass is 10.1. The SMILES string of the molecule is O=C(ON1C(=O)c2ccccc2C1=O)c1cccc(OCc2cscn2)c1. The highest BCUT2D eigenvalue weighted by molar-refractivity contribution is 7.07. The van der Waals surface area contributed by atoms with Crippen molar-refractivity contribution in [2.75, 3.05) is 0 Å². The molecule has 1 aromatic heterocycles. The Kier molecular flexibility index (Phi) is 4.39. The predicted molar refractivity (Wildman–Crippen MR) is 95.2 cm³/mol. The molecule has 4 rings (SSSR count). The fraction of sp³-hybridized carbons (Fsp3) is 0.0526. The maximum atomic E-state index is 12.4. The molecule has 27 heavy (non-hydrogen) atoms. The Hall–Kier alpha value is -3.52. The second-order valence-electron chi connectivity index (χ2n) is 5.63. The lowest BCUT2D eigenvalue weighted by Crippen LogP contribution is -2.32. The van der Waals surface area contributed by atoms with Crippen LogP contribution >= 0.6 is 11.3 Å². The van der Waals surface area contributed by atoms with E-state index in [0.717, 1.165) is 5.69 Å². The number of fused-ring (bicyclic) bond motifs is 1. The smallest absolute Gasteiger partial charge is 0.364 e. The first-order valence-corrected chi connectivity index (χ1v) is 8.88. The third-order valence-corrected chi connectivity index (χ3v) is 4.51. The van der Waals surface area contributed by atoms with Crippen molar-refractivity contribution in [3.63, 3.8) is 0 Å². The molecule has 0 atom stereocenters. The molecule has 8 heteroatoms. The molecule has 2 heterocycles. The number of thiazole rings is 1. The second-order valence-corrected chi connectivity index (χ2v) is 6.34. The average Bonchev–Trinajstić information content (AvgIpc) is 3.30. The zero-order valence-electron chi connectivity index (χ0n) is 13.8. The first-order chi connectivity index (χ1) is 13.1. The van der Waals surface area contributed by atoms with Crippen LogP contribution in [0.15, 0.2) is 59.4 Å². The quantitative estimate of drug-likeness (QED) is 0.632. The van der Waals surface area contributed by atoms with Crippen molar-refractivity contribution in [1.29, 1.82) is 0 Å². The van der Waals surface area contributed by atoms with E-state index in [1.54, 1.807) is 29.8 Å². The molecule has 1 aliphatic heterocycles. The maximum Gasteiger partial charge on any atom is 0.364 e. The molecule has 0 radical (unpaired) electrons. The number of rotatable bonds is 5. The highest BCUT2D eigenvalue weighted by Gasteiger charge is 2.38. The van der Waals surface area contributed by atoms with Gasteiger partial charge in [-0.15, -0.1) is 11.3 Å². The van der Waals surface area contributed by atoms with E-state index in [-0.39, 0.29) is 23.3 Å². The third kappa shape index (κ3) is 3.30. The van der Waals surface area contributed by atoms with Crippen LogP contribution in [0.5, 0.6) is 5.75 Å². The normalized spacial score (nSPS) is 12.8.